The van der Waals surface area contributed by atoms with Gasteiger partial charge in [-0.15, -0.1) is 0 Å². The van der Waals surface area contributed by atoms with E-state index in [0.717, 1.165) is 25.7 Å². The van der Waals surface area contributed by atoms with Crippen LogP contribution < -0.4 is 0 Å². The minimum Gasteiger partial charge on any atom is -0.462 e. The molecule has 0 aliphatic rings. The van der Waals surface area contributed by atoms with Crippen LogP contribution in [-0.4, -0.2) is 25.2 Å². The van der Waals surface area contributed by atoms with Crippen LogP contribution in [0.3, 0.4) is 0 Å². The fraction of sp³-hybridized carbons (Fsp3) is 0.364. The van der Waals surface area contributed by atoms with E-state index in [4.69, 9.17) is 9.47 Å². The lowest BCUT2D eigenvalue weighted by Gasteiger charge is -2.02. The van der Waals surface area contributed by atoms with Crippen molar-refractivity contribution in [2.24, 2.45) is 0 Å². The molecule has 0 fully saturated rings. The Hall–Kier alpha value is -2.62. The maximum absolute atomic E-state index is 11.3. The third-order valence-corrected chi connectivity index (χ3v) is 3.48. The van der Waals surface area contributed by atoms with Crippen molar-refractivity contribution in [2.45, 2.75) is 39.5 Å². The number of carbonyl (C=O) groups is 2. The van der Waals surface area contributed by atoms with Gasteiger partial charge >= 0.3 is 11.9 Å². The van der Waals surface area contributed by atoms with Crippen LogP contribution in [0.1, 0.15) is 60.2 Å². The first kappa shape index (κ1) is 21.4. The number of hydrogen-bond donors (Lipinski definition) is 0. The van der Waals surface area contributed by atoms with Crippen LogP contribution in [0.2, 0.25) is 0 Å². The molecule has 2 aromatic carbocycles. The summed E-state index contributed by atoms with van der Waals surface area (Å²) in [6, 6.07) is 18.1. The number of esters is 2. The van der Waals surface area contributed by atoms with E-state index in [0.29, 0.717) is 24.3 Å². The molecule has 0 bridgehead atoms. The first-order chi connectivity index (χ1) is 12.7. The van der Waals surface area contributed by atoms with Crippen LogP contribution in [0.4, 0.5) is 0 Å². The van der Waals surface area contributed by atoms with Crippen molar-refractivity contribution in [2.75, 3.05) is 13.2 Å². The normalized spacial score (nSPS) is 9.62. The number of benzene rings is 2. The van der Waals surface area contributed by atoms with Crippen LogP contribution in [0, 0.1) is 0 Å². The SMILES string of the molecule is CCCCOC(=O)c1ccccc1.CCCCOC(=O)c1ccccc1. The monoisotopic (exact) mass is 356 g/mol. The average molecular weight is 356 g/mol. The molecule has 0 atom stereocenters. The molecule has 4 nitrogen and oxygen atoms in total. The highest BCUT2D eigenvalue weighted by molar-refractivity contribution is 5.89. The van der Waals surface area contributed by atoms with Crippen molar-refractivity contribution in [3.63, 3.8) is 0 Å². The molecule has 4 heteroatoms. The lowest BCUT2D eigenvalue weighted by molar-refractivity contribution is 0.0490. The van der Waals surface area contributed by atoms with Crippen LogP contribution in [0.5, 0.6) is 0 Å². The van der Waals surface area contributed by atoms with Crippen LogP contribution in [-0.2, 0) is 9.47 Å². The molecule has 0 heterocycles. The molecule has 0 saturated carbocycles. The summed E-state index contributed by atoms with van der Waals surface area (Å²) in [6.07, 6.45) is 3.95. The van der Waals surface area contributed by atoms with Gasteiger partial charge in [-0.05, 0) is 37.1 Å². The molecular formula is C22H28O4. The van der Waals surface area contributed by atoms with Gasteiger partial charge in [0.1, 0.15) is 0 Å². The highest BCUT2D eigenvalue weighted by Crippen LogP contribution is 2.02. The Morgan fingerprint density at radius 3 is 1.31 bits per heavy atom. The average Bonchev–Trinajstić information content (AvgIpc) is 2.70. The standard InChI is InChI=1S/2C11H14O2/c2*1-2-3-9-13-11(12)10-7-5-4-6-8-10/h2*4-8H,2-3,9H2,1H3. The molecule has 0 aliphatic carbocycles. The summed E-state index contributed by atoms with van der Waals surface area (Å²) < 4.78 is 10.1. The van der Waals surface area contributed by atoms with Crippen molar-refractivity contribution < 1.29 is 19.1 Å². The van der Waals surface area contributed by atoms with E-state index < -0.39 is 0 Å². The molecule has 2 aromatic rings. The molecule has 0 amide bonds. The smallest absolute Gasteiger partial charge is 0.338 e. The molecule has 0 aromatic heterocycles. The Balaban J connectivity index is 0.000000260. The predicted molar refractivity (Wildman–Crippen MR) is 103 cm³/mol. The van der Waals surface area contributed by atoms with Gasteiger partial charge in [0.05, 0.1) is 24.3 Å². The molecule has 26 heavy (non-hydrogen) atoms. The molecule has 0 unspecified atom stereocenters. The van der Waals surface area contributed by atoms with Gasteiger partial charge < -0.3 is 9.47 Å². The molecule has 2 rings (SSSR count). The summed E-state index contributed by atoms with van der Waals surface area (Å²) in [7, 11) is 0. The molecule has 140 valence electrons. The zero-order valence-corrected chi connectivity index (χ0v) is 15.6. The second-order valence-corrected chi connectivity index (χ2v) is 5.71. The lowest BCUT2D eigenvalue weighted by Crippen LogP contribution is -2.05. The van der Waals surface area contributed by atoms with Crippen molar-refractivity contribution in [3.05, 3.63) is 71.8 Å². The Bertz CT molecular complexity index is 566. The number of hydrogen-bond acceptors (Lipinski definition) is 4. The highest BCUT2D eigenvalue weighted by atomic mass is 16.5. The van der Waals surface area contributed by atoms with E-state index in [1.54, 1.807) is 24.3 Å². The Morgan fingerprint density at radius 2 is 1.00 bits per heavy atom. The lowest BCUT2D eigenvalue weighted by atomic mass is 10.2. The number of unbranched alkanes of at least 4 members (excludes halogenated alkanes) is 2. The summed E-state index contributed by atoms with van der Waals surface area (Å²) in [5, 5.41) is 0. The quantitative estimate of drug-likeness (QED) is 0.476. The van der Waals surface area contributed by atoms with Crippen LogP contribution in [0.15, 0.2) is 60.7 Å². The number of ether oxygens (including phenoxy) is 2. The molecule has 0 N–H and O–H groups in total. The zero-order chi connectivity index (χ0) is 19.0. The van der Waals surface area contributed by atoms with E-state index in [2.05, 4.69) is 13.8 Å². The second-order valence-electron chi connectivity index (χ2n) is 5.71. The van der Waals surface area contributed by atoms with Crippen LogP contribution in [0.25, 0.3) is 0 Å². The first-order valence-corrected chi connectivity index (χ1v) is 9.13. The maximum atomic E-state index is 11.3. The van der Waals surface area contributed by atoms with E-state index in [9.17, 15) is 9.59 Å². The fourth-order valence-corrected chi connectivity index (χ4v) is 1.93. The summed E-state index contributed by atoms with van der Waals surface area (Å²) in [5.41, 5.74) is 1.25. The van der Waals surface area contributed by atoms with Gasteiger partial charge in [0.15, 0.2) is 0 Å². The molecule has 0 spiro atoms. The fourth-order valence-electron chi connectivity index (χ4n) is 1.93. The minimum absolute atomic E-state index is 0.228. The first-order valence-electron chi connectivity index (χ1n) is 9.13. The molecular weight excluding hydrogens is 328 g/mol. The summed E-state index contributed by atoms with van der Waals surface area (Å²) in [6.45, 7) is 5.17. The van der Waals surface area contributed by atoms with Gasteiger partial charge in [0, 0.05) is 0 Å². The van der Waals surface area contributed by atoms with Gasteiger partial charge in [-0.1, -0.05) is 63.1 Å². The third kappa shape index (κ3) is 9.02. The molecule has 0 saturated heterocycles. The van der Waals surface area contributed by atoms with E-state index in [1.807, 2.05) is 36.4 Å². The minimum atomic E-state index is -0.228. The topological polar surface area (TPSA) is 52.6 Å². The van der Waals surface area contributed by atoms with Crippen molar-refractivity contribution in [3.8, 4) is 0 Å². The second kappa shape index (κ2) is 13.6. The van der Waals surface area contributed by atoms with E-state index in [1.165, 1.54) is 0 Å². The molecule has 0 radical (unpaired) electrons. The Morgan fingerprint density at radius 1 is 0.654 bits per heavy atom. The molecule has 0 aliphatic heterocycles. The van der Waals surface area contributed by atoms with Gasteiger partial charge in [-0.3, -0.25) is 0 Å². The summed E-state index contributed by atoms with van der Waals surface area (Å²) in [4.78, 5) is 22.6. The predicted octanol–water partition coefficient (Wildman–Crippen LogP) is 5.29. The van der Waals surface area contributed by atoms with E-state index in [-0.39, 0.29) is 11.9 Å². The number of rotatable bonds is 8. The van der Waals surface area contributed by atoms with Crippen molar-refractivity contribution >= 4 is 11.9 Å². The van der Waals surface area contributed by atoms with Crippen molar-refractivity contribution in [1.29, 1.82) is 0 Å². The largest absolute Gasteiger partial charge is 0.462 e. The third-order valence-electron chi connectivity index (χ3n) is 3.48. The Labute approximate surface area is 156 Å². The van der Waals surface area contributed by atoms with Gasteiger partial charge in [0.25, 0.3) is 0 Å². The van der Waals surface area contributed by atoms with Gasteiger partial charge in [-0.2, -0.15) is 0 Å². The van der Waals surface area contributed by atoms with Crippen LogP contribution >= 0.6 is 0 Å². The number of carbonyl (C=O) groups excluding carboxylic acids is 2. The zero-order valence-electron chi connectivity index (χ0n) is 15.6. The maximum Gasteiger partial charge on any atom is 0.338 e. The Kier molecular flexibility index (Phi) is 11.2. The van der Waals surface area contributed by atoms with Gasteiger partial charge in [-0.25, -0.2) is 9.59 Å². The highest BCUT2D eigenvalue weighted by Gasteiger charge is 2.04. The summed E-state index contributed by atoms with van der Waals surface area (Å²) in [5.74, 6) is -0.455. The summed E-state index contributed by atoms with van der Waals surface area (Å²) >= 11 is 0. The van der Waals surface area contributed by atoms with Crippen molar-refractivity contribution in [1.82, 2.24) is 0 Å². The van der Waals surface area contributed by atoms with Gasteiger partial charge in [0.2, 0.25) is 0 Å². The van der Waals surface area contributed by atoms with E-state index >= 15 is 0 Å².